The van der Waals surface area contributed by atoms with Gasteiger partial charge in [-0.15, -0.1) is 5.10 Å². The van der Waals surface area contributed by atoms with Crippen LogP contribution < -0.4 is 11.2 Å². The number of nitrogens with two attached hydrogens (primary N) is 1. The maximum Gasteiger partial charge on any atom is 0.293 e. The van der Waals surface area contributed by atoms with Gasteiger partial charge < -0.3 is 10.5 Å². The minimum absolute atomic E-state index is 0.00570. The molecule has 2 heterocycles. The van der Waals surface area contributed by atoms with E-state index < -0.39 is 5.91 Å². The molecule has 3 rings (SSSR count). The summed E-state index contributed by atoms with van der Waals surface area (Å²) in [5.74, 6) is -0.451. The molecule has 0 radical (unpaired) electrons. The van der Waals surface area contributed by atoms with E-state index in [4.69, 9.17) is 10.5 Å². The van der Waals surface area contributed by atoms with Crippen LogP contribution in [-0.2, 0) is 11.3 Å². The molecule has 1 aromatic carbocycles. The number of hydrazone groups is 1. The van der Waals surface area contributed by atoms with Crippen LogP contribution in [0, 0.1) is 0 Å². The number of hydrogen-bond acceptors (Lipinski definition) is 9. The Labute approximate surface area is 155 Å². The minimum atomic E-state index is -0.568. The summed E-state index contributed by atoms with van der Waals surface area (Å²) in [6, 6.07) is 7.43. The van der Waals surface area contributed by atoms with Gasteiger partial charge in [0.15, 0.2) is 5.69 Å². The number of aromatic nitrogens is 5. The van der Waals surface area contributed by atoms with Crippen LogP contribution in [0.4, 0.5) is 5.82 Å². The number of amides is 1. The lowest BCUT2D eigenvalue weighted by Crippen LogP contribution is -2.20. The monoisotopic (exact) mass is 420 g/mol. The number of halogens is 1. The van der Waals surface area contributed by atoms with Gasteiger partial charge in [-0.1, -0.05) is 39.3 Å². The predicted molar refractivity (Wildman–Crippen MR) is 93.5 cm³/mol. The number of carbonyl (C=O) groups excluding carboxylic acids is 1. The average Bonchev–Trinajstić information content (AvgIpc) is 3.23. The van der Waals surface area contributed by atoms with Crippen molar-refractivity contribution < 1.29 is 14.2 Å². The highest BCUT2D eigenvalue weighted by Crippen LogP contribution is 2.16. The molecule has 2 aromatic heterocycles. The third kappa shape index (κ3) is 3.60. The normalized spacial score (nSPS) is 11.2. The van der Waals surface area contributed by atoms with E-state index >= 15 is 0 Å². The van der Waals surface area contributed by atoms with Gasteiger partial charge in [0, 0.05) is 17.1 Å². The van der Waals surface area contributed by atoms with Crippen LogP contribution in [0.2, 0.25) is 0 Å². The van der Waals surface area contributed by atoms with Crippen molar-refractivity contribution in [1.82, 2.24) is 30.7 Å². The second kappa shape index (κ2) is 7.84. The summed E-state index contributed by atoms with van der Waals surface area (Å²) in [5, 5.41) is 18.8. The molecule has 12 heteroatoms. The summed E-state index contributed by atoms with van der Waals surface area (Å²) in [4.78, 5) is 12.4. The number of hydrogen-bond donors (Lipinski definition) is 2. The van der Waals surface area contributed by atoms with Crippen molar-refractivity contribution in [2.24, 2.45) is 5.10 Å². The zero-order valence-electron chi connectivity index (χ0n) is 13.5. The Hall–Kier alpha value is -3.12. The molecule has 0 aliphatic heterocycles. The van der Waals surface area contributed by atoms with Gasteiger partial charge in [0.2, 0.25) is 11.6 Å². The van der Waals surface area contributed by atoms with Crippen molar-refractivity contribution >= 4 is 33.9 Å². The number of benzene rings is 1. The highest BCUT2D eigenvalue weighted by atomic mass is 79.9. The van der Waals surface area contributed by atoms with E-state index in [1.165, 1.54) is 18.0 Å². The predicted octanol–water partition coefficient (Wildman–Crippen LogP) is 0.905. The Balaban J connectivity index is 1.82. The number of nitrogen functional groups attached to an aromatic ring is 1. The molecule has 11 nitrogen and oxygen atoms in total. The van der Waals surface area contributed by atoms with Crippen LogP contribution >= 0.6 is 15.9 Å². The molecule has 1 amide bonds. The van der Waals surface area contributed by atoms with Crippen molar-refractivity contribution in [2.45, 2.75) is 6.61 Å². The highest BCUT2D eigenvalue weighted by molar-refractivity contribution is 9.10. The number of rotatable bonds is 6. The fourth-order valence-electron chi connectivity index (χ4n) is 2.05. The summed E-state index contributed by atoms with van der Waals surface area (Å²) in [7, 11) is 1.47. The van der Waals surface area contributed by atoms with Crippen molar-refractivity contribution in [3.8, 4) is 5.82 Å². The lowest BCUT2D eigenvalue weighted by Gasteiger charge is -2.04. The van der Waals surface area contributed by atoms with Crippen molar-refractivity contribution in [3.05, 3.63) is 45.7 Å². The molecule has 0 aliphatic carbocycles. The van der Waals surface area contributed by atoms with Gasteiger partial charge >= 0.3 is 0 Å². The molecule has 0 bridgehead atoms. The number of carbonyl (C=O) groups is 1. The van der Waals surface area contributed by atoms with Gasteiger partial charge in [0.1, 0.15) is 5.69 Å². The highest BCUT2D eigenvalue weighted by Gasteiger charge is 2.23. The Bertz CT molecular complexity index is 951. The fraction of sp³-hybridized carbons (Fsp3) is 0.143. The maximum absolute atomic E-state index is 12.4. The van der Waals surface area contributed by atoms with E-state index in [0.717, 1.165) is 10.0 Å². The van der Waals surface area contributed by atoms with E-state index in [1.807, 2.05) is 24.3 Å². The number of methoxy groups -OCH3 is 1. The van der Waals surface area contributed by atoms with E-state index in [0.29, 0.717) is 5.69 Å². The topological polar surface area (TPSA) is 146 Å². The average molecular weight is 421 g/mol. The quantitative estimate of drug-likeness (QED) is 0.441. The van der Waals surface area contributed by atoms with E-state index in [9.17, 15) is 4.79 Å². The molecular formula is C14H13BrN8O3. The van der Waals surface area contributed by atoms with Crippen molar-refractivity contribution in [2.75, 3.05) is 12.8 Å². The summed E-state index contributed by atoms with van der Waals surface area (Å²) in [6.07, 6.45) is 1.50. The molecule has 0 spiro atoms. The first-order valence-corrected chi connectivity index (χ1v) is 8.01. The zero-order chi connectivity index (χ0) is 18.5. The van der Waals surface area contributed by atoms with Crippen LogP contribution in [0.3, 0.4) is 0 Å². The lowest BCUT2D eigenvalue weighted by atomic mass is 10.2. The Morgan fingerprint density at radius 3 is 2.96 bits per heavy atom. The van der Waals surface area contributed by atoms with Gasteiger partial charge in [-0.05, 0) is 16.4 Å². The maximum atomic E-state index is 12.4. The molecule has 0 saturated carbocycles. The third-order valence-corrected chi connectivity index (χ3v) is 3.95. The first-order chi connectivity index (χ1) is 12.6. The standard InChI is InChI=1S/C14H13BrN8O3/c1-25-7-10-11(18-22-23(10)13-12(16)20-26-21-13)14(24)19-17-6-8-4-2-3-5-9(8)15/h2-6H,7H2,1H3,(H2,16,20)(H,19,24). The second-order valence-corrected chi connectivity index (χ2v) is 5.78. The van der Waals surface area contributed by atoms with Crippen LogP contribution in [0.15, 0.2) is 38.5 Å². The molecule has 26 heavy (non-hydrogen) atoms. The summed E-state index contributed by atoms with van der Waals surface area (Å²) in [5.41, 5.74) is 9.19. The van der Waals surface area contributed by atoms with Gasteiger partial charge in [-0.25, -0.2) is 10.1 Å². The van der Waals surface area contributed by atoms with E-state index in [2.05, 4.69) is 51.7 Å². The van der Waals surface area contributed by atoms with Crippen molar-refractivity contribution in [1.29, 1.82) is 0 Å². The van der Waals surface area contributed by atoms with Gasteiger partial charge in [0.25, 0.3) is 5.91 Å². The van der Waals surface area contributed by atoms with Crippen LogP contribution in [0.1, 0.15) is 21.7 Å². The Morgan fingerprint density at radius 2 is 2.27 bits per heavy atom. The molecule has 0 aliphatic rings. The van der Waals surface area contributed by atoms with Crippen LogP contribution in [0.25, 0.3) is 5.82 Å². The Kier molecular flexibility index (Phi) is 5.34. The number of anilines is 1. The van der Waals surface area contributed by atoms with Crippen LogP contribution in [0.5, 0.6) is 0 Å². The van der Waals surface area contributed by atoms with Gasteiger partial charge in [0.05, 0.1) is 12.8 Å². The van der Waals surface area contributed by atoms with Crippen molar-refractivity contribution in [3.63, 3.8) is 0 Å². The van der Waals surface area contributed by atoms with Crippen LogP contribution in [-0.4, -0.2) is 44.5 Å². The molecule has 0 saturated heterocycles. The summed E-state index contributed by atoms with van der Waals surface area (Å²) < 4.78 is 11.7. The van der Waals surface area contributed by atoms with Gasteiger partial charge in [-0.2, -0.15) is 9.78 Å². The van der Waals surface area contributed by atoms with E-state index in [-0.39, 0.29) is 23.9 Å². The molecule has 0 atom stereocenters. The van der Waals surface area contributed by atoms with E-state index in [1.54, 1.807) is 0 Å². The summed E-state index contributed by atoms with van der Waals surface area (Å²) >= 11 is 3.39. The number of nitrogens with one attached hydrogen (secondary N) is 1. The molecular weight excluding hydrogens is 408 g/mol. The molecule has 134 valence electrons. The van der Waals surface area contributed by atoms with Gasteiger partial charge in [-0.3, -0.25) is 4.79 Å². The second-order valence-electron chi connectivity index (χ2n) is 4.92. The largest absolute Gasteiger partial charge is 0.378 e. The fourth-order valence-corrected chi connectivity index (χ4v) is 2.43. The minimum Gasteiger partial charge on any atom is -0.378 e. The third-order valence-electron chi connectivity index (χ3n) is 3.23. The molecule has 0 fully saturated rings. The smallest absolute Gasteiger partial charge is 0.293 e. The first kappa shape index (κ1) is 17.7. The lowest BCUT2D eigenvalue weighted by molar-refractivity contribution is 0.0944. The molecule has 3 aromatic rings. The summed E-state index contributed by atoms with van der Waals surface area (Å²) in [6.45, 7) is 0.0377. The zero-order valence-corrected chi connectivity index (χ0v) is 15.0. The number of ether oxygens (including phenoxy) is 1. The number of nitrogens with zero attached hydrogens (tertiary/aromatic N) is 6. The molecule has 0 unspecified atom stereocenters. The Morgan fingerprint density at radius 1 is 1.46 bits per heavy atom. The molecule has 3 N–H and O–H groups in total. The SMILES string of the molecule is COCc1c(C(=O)NN=Cc2ccccc2Br)nnn1-c1nonc1N. The first-order valence-electron chi connectivity index (χ1n) is 7.21.